The van der Waals surface area contributed by atoms with Gasteiger partial charge in [-0.1, -0.05) is 0 Å². The van der Waals surface area contributed by atoms with Crippen LogP contribution >= 0.6 is 0 Å². The molecular weight excluding hydrogens is 112 g/mol. The molecule has 1 aliphatic heterocycles. The van der Waals surface area contributed by atoms with Gasteiger partial charge in [0, 0.05) is 6.61 Å². The molecule has 6 heavy (non-hydrogen) atoms. The lowest BCUT2D eigenvalue weighted by Crippen LogP contribution is -2.16. The van der Waals surface area contributed by atoms with Crippen LogP contribution in [0.3, 0.4) is 0 Å². The number of rotatable bonds is 0. The zero-order valence-corrected chi connectivity index (χ0v) is 6.47. The second kappa shape index (κ2) is 2.51. The molecular formula is C2H8O2Si2. The van der Waals surface area contributed by atoms with Crippen LogP contribution in [-0.4, -0.2) is 26.4 Å². The van der Waals surface area contributed by atoms with E-state index >= 15 is 0 Å². The molecule has 0 aliphatic carbocycles. The van der Waals surface area contributed by atoms with Gasteiger partial charge in [-0.05, 0) is 6.04 Å². The van der Waals surface area contributed by atoms with E-state index in [9.17, 15) is 0 Å². The highest BCUT2D eigenvalue weighted by atomic mass is 28.3. The molecule has 1 fully saturated rings. The van der Waals surface area contributed by atoms with Gasteiger partial charge in [0.2, 0.25) is 0 Å². The molecule has 0 aromatic carbocycles. The minimum absolute atomic E-state index is 0.0548. The molecule has 0 unspecified atom stereocenters. The lowest BCUT2D eigenvalue weighted by Gasteiger charge is -2.09. The van der Waals surface area contributed by atoms with Crippen molar-refractivity contribution in [2.75, 3.05) is 6.61 Å². The van der Waals surface area contributed by atoms with E-state index in [0.717, 1.165) is 6.61 Å². The standard InChI is InChI=1S/C2H8O2Si2/c1-2-5-4-6-3-1/h1-2,5-6H2. The summed E-state index contributed by atoms with van der Waals surface area (Å²) in [6, 6.07) is 1.23. The first-order chi connectivity index (χ1) is 3.00. The Morgan fingerprint density at radius 2 is 2.50 bits per heavy atom. The molecule has 0 aromatic heterocycles. The maximum atomic E-state index is 5.12. The molecule has 2 nitrogen and oxygen atoms in total. The third-order valence-electron chi connectivity index (χ3n) is 0.744. The quantitative estimate of drug-likeness (QED) is 0.364. The third kappa shape index (κ3) is 1.21. The summed E-state index contributed by atoms with van der Waals surface area (Å²) in [7, 11) is -0.485. The van der Waals surface area contributed by atoms with Crippen LogP contribution in [0.2, 0.25) is 6.04 Å². The molecule has 1 aliphatic rings. The molecule has 0 saturated carbocycles. The van der Waals surface area contributed by atoms with E-state index in [0.29, 0.717) is 0 Å². The minimum Gasteiger partial charge on any atom is -0.446 e. The van der Waals surface area contributed by atoms with Gasteiger partial charge in [-0.2, -0.15) is 0 Å². The predicted molar refractivity (Wildman–Crippen MR) is 28.9 cm³/mol. The highest BCUT2D eigenvalue weighted by molar-refractivity contribution is 6.40. The van der Waals surface area contributed by atoms with Crippen LogP contribution in [0.25, 0.3) is 0 Å². The first kappa shape index (κ1) is 4.51. The van der Waals surface area contributed by atoms with Gasteiger partial charge in [0.05, 0.1) is 0 Å². The van der Waals surface area contributed by atoms with Crippen molar-refractivity contribution in [2.24, 2.45) is 0 Å². The topological polar surface area (TPSA) is 18.5 Å². The zero-order valence-electron chi connectivity index (χ0n) is 3.64. The van der Waals surface area contributed by atoms with Crippen LogP contribution in [0.4, 0.5) is 0 Å². The Bertz CT molecular complexity index is 25.0. The van der Waals surface area contributed by atoms with Crippen LogP contribution in [-0.2, 0) is 8.54 Å². The van der Waals surface area contributed by atoms with E-state index in [2.05, 4.69) is 0 Å². The fraction of sp³-hybridized carbons (Fsp3) is 1.00. The summed E-state index contributed by atoms with van der Waals surface area (Å²) < 4.78 is 10.1. The van der Waals surface area contributed by atoms with Crippen molar-refractivity contribution < 1.29 is 8.54 Å². The van der Waals surface area contributed by atoms with Gasteiger partial charge in [-0.25, -0.2) is 0 Å². The zero-order chi connectivity index (χ0) is 4.24. The van der Waals surface area contributed by atoms with Crippen LogP contribution < -0.4 is 0 Å². The molecule has 1 rings (SSSR count). The Hall–Kier alpha value is 0.354. The lowest BCUT2D eigenvalue weighted by atomic mass is 10.9. The highest BCUT2D eigenvalue weighted by Crippen LogP contribution is 1.87. The summed E-state index contributed by atoms with van der Waals surface area (Å²) in [5, 5.41) is 0. The van der Waals surface area contributed by atoms with Crippen LogP contribution in [0.5, 0.6) is 0 Å². The maximum Gasteiger partial charge on any atom is 0.293 e. The van der Waals surface area contributed by atoms with Crippen LogP contribution in [0.1, 0.15) is 0 Å². The predicted octanol–water partition coefficient (Wildman–Crippen LogP) is -1.47. The molecule has 0 N–H and O–H groups in total. The van der Waals surface area contributed by atoms with Crippen LogP contribution in [0, 0.1) is 0 Å². The van der Waals surface area contributed by atoms with Crippen LogP contribution in [0.15, 0.2) is 0 Å². The van der Waals surface area contributed by atoms with E-state index in [-0.39, 0.29) is 9.76 Å². The first-order valence-corrected chi connectivity index (χ1v) is 4.89. The molecule has 0 spiro atoms. The Labute approximate surface area is 41.8 Å². The maximum absolute atomic E-state index is 5.12. The van der Waals surface area contributed by atoms with Crippen molar-refractivity contribution in [1.29, 1.82) is 0 Å². The van der Waals surface area contributed by atoms with Crippen molar-refractivity contribution >= 4 is 19.8 Å². The van der Waals surface area contributed by atoms with Gasteiger partial charge in [-0.15, -0.1) is 0 Å². The van der Waals surface area contributed by atoms with E-state index < -0.39 is 10.0 Å². The van der Waals surface area contributed by atoms with Gasteiger partial charge in [0.15, 0.2) is 9.76 Å². The third-order valence-corrected chi connectivity index (χ3v) is 3.60. The second-order valence-corrected chi connectivity index (χ2v) is 4.68. The Morgan fingerprint density at radius 1 is 1.50 bits per heavy atom. The van der Waals surface area contributed by atoms with Crippen molar-refractivity contribution in [3.05, 3.63) is 0 Å². The summed E-state index contributed by atoms with van der Waals surface area (Å²) in [5.41, 5.74) is 0. The van der Waals surface area contributed by atoms with E-state index in [1.165, 1.54) is 6.04 Å². The van der Waals surface area contributed by atoms with E-state index in [1.807, 2.05) is 0 Å². The summed E-state index contributed by atoms with van der Waals surface area (Å²) in [6.45, 7) is 0.998. The molecule has 0 bridgehead atoms. The second-order valence-electron chi connectivity index (χ2n) is 1.29. The van der Waals surface area contributed by atoms with Gasteiger partial charge >= 0.3 is 0 Å². The number of hydrogen-bond donors (Lipinski definition) is 0. The van der Waals surface area contributed by atoms with Crippen molar-refractivity contribution in [3.63, 3.8) is 0 Å². The highest BCUT2D eigenvalue weighted by Gasteiger charge is 1.96. The molecule has 4 heteroatoms. The fourth-order valence-electron chi connectivity index (χ4n) is 0.440. The van der Waals surface area contributed by atoms with E-state index in [1.54, 1.807) is 0 Å². The molecule has 1 saturated heterocycles. The SMILES string of the molecule is C1C[SiH2]O[SiH2]O1. The largest absolute Gasteiger partial charge is 0.446 e. The Morgan fingerprint density at radius 3 is 2.67 bits per heavy atom. The van der Waals surface area contributed by atoms with Gasteiger partial charge < -0.3 is 8.54 Å². The average Bonchev–Trinajstić information content (AvgIpc) is 1.72. The molecule has 0 amide bonds. The molecule has 0 atom stereocenters. The van der Waals surface area contributed by atoms with Gasteiger partial charge in [0.1, 0.15) is 0 Å². The smallest absolute Gasteiger partial charge is 0.293 e. The average molecular weight is 120 g/mol. The van der Waals surface area contributed by atoms with E-state index in [4.69, 9.17) is 8.54 Å². The lowest BCUT2D eigenvalue weighted by molar-refractivity contribution is 0.287. The van der Waals surface area contributed by atoms with Crippen molar-refractivity contribution in [1.82, 2.24) is 0 Å². The molecule has 0 aromatic rings. The summed E-state index contributed by atoms with van der Waals surface area (Å²) >= 11 is 0. The number of hydrogen-bond acceptors (Lipinski definition) is 2. The van der Waals surface area contributed by atoms with Crippen molar-refractivity contribution in [2.45, 2.75) is 6.04 Å². The molecule has 36 valence electrons. The molecule has 1 heterocycles. The summed E-state index contributed by atoms with van der Waals surface area (Å²) in [5.74, 6) is 0. The van der Waals surface area contributed by atoms with Gasteiger partial charge in [0.25, 0.3) is 10.0 Å². The Balaban J connectivity index is 2.00. The summed E-state index contributed by atoms with van der Waals surface area (Å²) in [6.07, 6.45) is 0. The normalized spacial score (nSPS) is 32.0. The minimum atomic E-state index is -0.430. The van der Waals surface area contributed by atoms with Gasteiger partial charge in [-0.3, -0.25) is 0 Å². The van der Waals surface area contributed by atoms with Crippen molar-refractivity contribution in [3.8, 4) is 0 Å². The molecule has 0 radical (unpaired) electrons. The Kier molecular flexibility index (Phi) is 1.89. The summed E-state index contributed by atoms with van der Waals surface area (Å²) in [4.78, 5) is 0. The monoisotopic (exact) mass is 120 g/mol. The fourth-order valence-corrected chi connectivity index (χ4v) is 3.25. The first-order valence-electron chi connectivity index (χ1n) is 2.15.